The summed E-state index contributed by atoms with van der Waals surface area (Å²) in [5, 5.41) is 18.5. The van der Waals surface area contributed by atoms with Crippen molar-refractivity contribution in [1.82, 2.24) is 5.01 Å². The Hall–Kier alpha value is -2.26. The van der Waals surface area contributed by atoms with Crippen molar-refractivity contribution in [1.29, 1.82) is 0 Å². The molecule has 9 heteroatoms. The van der Waals surface area contributed by atoms with Crippen molar-refractivity contribution in [2.75, 3.05) is 14.1 Å². The summed E-state index contributed by atoms with van der Waals surface area (Å²) in [6, 6.07) is 9.94. The molecule has 0 saturated heterocycles. The number of carbonyl (C=O) groups excluding carboxylic acids is 1. The van der Waals surface area contributed by atoms with Crippen LogP contribution in [0.3, 0.4) is 0 Å². The van der Waals surface area contributed by atoms with Gasteiger partial charge in [-0.1, -0.05) is 5.22 Å². The molecule has 2 aromatic rings. The van der Waals surface area contributed by atoms with E-state index in [9.17, 15) is 9.59 Å². The minimum Gasteiger partial charge on any atom is -0.479 e. The van der Waals surface area contributed by atoms with Crippen LogP contribution in [-0.4, -0.2) is 42.1 Å². The lowest BCUT2D eigenvalue weighted by atomic mass is 10.0. The number of carboxylic acid groups (broad SMARTS) is 1. The average molecular weight is 499 g/mol. The van der Waals surface area contributed by atoms with Gasteiger partial charge in [0.25, 0.3) is 0 Å². The molecule has 0 heterocycles. The molecule has 1 atom stereocenters. The van der Waals surface area contributed by atoms with Gasteiger partial charge < -0.3 is 9.84 Å². The number of carbonyl (C=O) groups is 2. The van der Waals surface area contributed by atoms with Crippen LogP contribution in [0.2, 0.25) is 0 Å². The van der Waals surface area contributed by atoms with E-state index < -0.39 is 12.1 Å². The zero-order valence-electron chi connectivity index (χ0n) is 14.8. The first kappa shape index (κ1) is 21.0. The largest absolute Gasteiger partial charge is 0.479 e. The molecule has 0 radical (unpaired) electrons. The van der Waals surface area contributed by atoms with Crippen LogP contribution in [0.15, 0.2) is 55.7 Å². The summed E-state index contributed by atoms with van der Waals surface area (Å²) < 4.78 is 6.36. The second kappa shape index (κ2) is 9.09. The summed E-state index contributed by atoms with van der Waals surface area (Å²) in [7, 11) is 3.53. The Bertz CT molecular complexity index is 860. The second-order valence-electron chi connectivity index (χ2n) is 5.78. The van der Waals surface area contributed by atoms with Crippen molar-refractivity contribution >= 4 is 49.3 Å². The Morgan fingerprint density at radius 2 is 1.63 bits per heavy atom. The van der Waals surface area contributed by atoms with Gasteiger partial charge in [-0.05, 0) is 75.2 Å². The normalized spacial score (nSPS) is 12.0. The van der Waals surface area contributed by atoms with Crippen molar-refractivity contribution in [3.63, 3.8) is 0 Å². The van der Waals surface area contributed by atoms with E-state index in [-0.39, 0.29) is 5.78 Å². The van der Waals surface area contributed by atoms with Crippen LogP contribution in [0.25, 0.3) is 0 Å². The topological polar surface area (TPSA) is 91.6 Å². The van der Waals surface area contributed by atoms with Gasteiger partial charge in [0, 0.05) is 25.2 Å². The second-order valence-corrected chi connectivity index (χ2v) is 7.49. The Labute approximate surface area is 173 Å². The number of halogens is 2. The first-order valence-electron chi connectivity index (χ1n) is 7.81. The minimum atomic E-state index is -1.08. The standard InChI is InChI=1S/C18H17Br2N3O4/c1-10(18(25)26)27-17-14(19)8-12(9-15(17)20)16(24)11-4-6-13(7-5-11)21-22-23(2)3/h4-10H,1-3H3,(H,25,26). The molecule has 27 heavy (non-hydrogen) atoms. The molecule has 0 bridgehead atoms. The first-order chi connectivity index (χ1) is 12.7. The molecule has 0 amide bonds. The van der Waals surface area contributed by atoms with E-state index in [1.165, 1.54) is 6.92 Å². The van der Waals surface area contributed by atoms with Crippen LogP contribution >= 0.6 is 31.9 Å². The Morgan fingerprint density at radius 1 is 1.07 bits per heavy atom. The molecule has 0 spiro atoms. The number of nitrogens with zero attached hydrogens (tertiary/aromatic N) is 3. The number of ketones is 1. The van der Waals surface area contributed by atoms with Crippen LogP contribution in [0, 0.1) is 0 Å². The molecule has 0 fully saturated rings. The van der Waals surface area contributed by atoms with E-state index in [1.54, 1.807) is 55.5 Å². The number of ether oxygens (including phenoxy) is 1. The van der Waals surface area contributed by atoms with Crippen molar-refractivity contribution < 1.29 is 19.4 Å². The van der Waals surface area contributed by atoms with Crippen LogP contribution in [0.1, 0.15) is 22.8 Å². The fourth-order valence-corrected chi connectivity index (χ4v) is 3.39. The highest BCUT2D eigenvalue weighted by Gasteiger charge is 2.19. The molecular formula is C18H17Br2N3O4. The molecule has 0 aromatic heterocycles. The van der Waals surface area contributed by atoms with Crippen LogP contribution in [0.4, 0.5) is 5.69 Å². The van der Waals surface area contributed by atoms with Gasteiger partial charge in [0.1, 0.15) is 5.75 Å². The number of aliphatic carboxylic acids is 1. The predicted molar refractivity (Wildman–Crippen MR) is 108 cm³/mol. The fourth-order valence-electron chi connectivity index (χ4n) is 2.02. The maximum absolute atomic E-state index is 12.7. The molecular weight excluding hydrogens is 482 g/mol. The highest BCUT2D eigenvalue weighted by atomic mass is 79.9. The lowest BCUT2D eigenvalue weighted by Gasteiger charge is -2.15. The van der Waals surface area contributed by atoms with Crippen LogP contribution in [0.5, 0.6) is 5.75 Å². The summed E-state index contributed by atoms with van der Waals surface area (Å²) in [4.78, 5) is 23.7. The van der Waals surface area contributed by atoms with Crippen LogP contribution in [-0.2, 0) is 4.79 Å². The van der Waals surface area contributed by atoms with E-state index in [0.29, 0.717) is 31.5 Å². The molecule has 0 saturated carbocycles. The van der Waals surface area contributed by atoms with E-state index in [2.05, 4.69) is 42.2 Å². The fraction of sp³-hybridized carbons (Fsp3) is 0.222. The SMILES string of the molecule is CC(Oc1c(Br)cc(C(=O)c2ccc(N=NN(C)C)cc2)cc1Br)C(=O)O. The van der Waals surface area contributed by atoms with Crippen molar-refractivity contribution in [3.05, 3.63) is 56.5 Å². The van der Waals surface area contributed by atoms with Gasteiger partial charge in [-0.3, -0.25) is 9.80 Å². The smallest absolute Gasteiger partial charge is 0.344 e. The van der Waals surface area contributed by atoms with Gasteiger partial charge in [-0.15, -0.1) is 5.11 Å². The molecule has 0 aliphatic carbocycles. The molecule has 142 valence electrons. The number of hydrogen-bond donors (Lipinski definition) is 1. The summed E-state index contributed by atoms with van der Waals surface area (Å²) in [6.07, 6.45) is -1.02. The van der Waals surface area contributed by atoms with E-state index in [0.717, 1.165) is 0 Å². The maximum atomic E-state index is 12.7. The Kier molecular flexibility index (Phi) is 7.09. The number of rotatable bonds is 7. The summed E-state index contributed by atoms with van der Waals surface area (Å²) in [5.41, 5.74) is 1.55. The third kappa shape index (κ3) is 5.61. The van der Waals surface area contributed by atoms with E-state index in [1.807, 2.05) is 0 Å². The van der Waals surface area contributed by atoms with Gasteiger partial charge in [0.15, 0.2) is 11.9 Å². The lowest BCUT2D eigenvalue weighted by Crippen LogP contribution is -2.23. The molecule has 0 aliphatic heterocycles. The zero-order valence-corrected chi connectivity index (χ0v) is 18.0. The van der Waals surface area contributed by atoms with E-state index in [4.69, 9.17) is 9.84 Å². The van der Waals surface area contributed by atoms with Gasteiger partial charge >= 0.3 is 5.97 Å². The minimum absolute atomic E-state index is 0.190. The summed E-state index contributed by atoms with van der Waals surface area (Å²) in [6.45, 7) is 1.43. The third-order valence-electron chi connectivity index (χ3n) is 3.37. The Balaban J connectivity index is 2.25. The van der Waals surface area contributed by atoms with Crippen LogP contribution < -0.4 is 4.74 Å². The average Bonchev–Trinajstić information content (AvgIpc) is 2.62. The van der Waals surface area contributed by atoms with Gasteiger partial charge in [0.2, 0.25) is 0 Å². The molecule has 7 nitrogen and oxygen atoms in total. The van der Waals surface area contributed by atoms with Crippen molar-refractivity contribution in [2.24, 2.45) is 10.3 Å². The number of hydrogen-bond acceptors (Lipinski definition) is 5. The van der Waals surface area contributed by atoms with Gasteiger partial charge in [-0.2, -0.15) is 0 Å². The number of benzene rings is 2. The zero-order chi connectivity index (χ0) is 20.1. The van der Waals surface area contributed by atoms with Crippen molar-refractivity contribution in [3.8, 4) is 5.75 Å². The van der Waals surface area contributed by atoms with Gasteiger partial charge in [0.05, 0.1) is 14.6 Å². The molecule has 1 N–H and O–H groups in total. The Morgan fingerprint density at radius 3 is 2.11 bits per heavy atom. The quantitative estimate of drug-likeness (QED) is 0.334. The third-order valence-corrected chi connectivity index (χ3v) is 4.55. The van der Waals surface area contributed by atoms with Gasteiger partial charge in [-0.25, -0.2) is 4.79 Å². The van der Waals surface area contributed by atoms with E-state index >= 15 is 0 Å². The highest BCUT2D eigenvalue weighted by molar-refractivity contribution is 9.11. The summed E-state index contributed by atoms with van der Waals surface area (Å²) in [5.74, 6) is -0.952. The number of carboxylic acids is 1. The lowest BCUT2D eigenvalue weighted by molar-refractivity contribution is -0.144. The molecule has 0 aliphatic rings. The van der Waals surface area contributed by atoms with Crippen molar-refractivity contribution in [2.45, 2.75) is 13.0 Å². The monoisotopic (exact) mass is 497 g/mol. The first-order valence-corrected chi connectivity index (χ1v) is 9.40. The maximum Gasteiger partial charge on any atom is 0.344 e. The molecule has 2 aromatic carbocycles. The summed E-state index contributed by atoms with van der Waals surface area (Å²) >= 11 is 6.66. The predicted octanol–water partition coefficient (Wildman–Crippen LogP) is 4.85. The molecule has 2 rings (SSSR count). The highest BCUT2D eigenvalue weighted by Crippen LogP contribution is 2.36. The molecule has 1 unspecified atom stereocenters.